The van der Waals surface area contributed by atoms with Gasteiger partial charge in [0.1, 0.15) is 0 Å². The highest BCUT2D eigenvalue weighted by atomic mass is 32.1. The molecule has 0 spiro atoms. The second kappa shape index (κ2) is 8.46. The summed E-state index contributed by atoms with van der Waals surface area (Å²) in [7, 11) is 0. The first-order chi connectivity index (χ1) is 13.2. The van der Waals surface area contributed by atoms with Crippen LogP contribution in [0.25, 0.3) is 0 Å². The van der Waals surface area contributed by atoms with Gasteiger partial charge in [-0.25, -0.2) is 4.98 Å². The molecule has 0 unspecified atom stereocenters. The molecule has 152 valence electrons. The van der Waals surface area contributed by atoms with Crippen LogP contribution in [0.15, 0.2) is 18.5 Å². The topological polar surface area (TPSA) is 66.9 Å². The third-order valence-electron chi connectivity index (χ3n) is 5.08. The largest absolute Gasteiger partial charge is 0.417 e. The molecule has 9 heteroatoms. The van der Waals surface area contributed by atoms with E-state index in [1.807, 2.05) is 13.8 Å². The molecule has 0 aromatic carbocycles. The Kier molecular flexibility index (Phi) is 6.22. The number of amides is 1. The number of alkyl halides is 3. The summed E-state index contributed by atoms with van der Waals surface area (Å²) in [5.41, 5.74) is 0.0683. The number of halogens is 3. The number of nitrogens with zero attached hydrogens (tertiary/aromatic N) is 2. The number of anilines is 1. The molecule has 1 aliphatic rings. The monoisotopic (exact) mass is 412 g/mol. The SMILES string of the molecule is Cc1nc(NC[C@H]2CC[C@H](NC(=O)c3cncc(C(F)(F)F)c3)CC2)sc1C. The fourth-order valence-electron chi connectivity index (χ4n) is 3.28. The van der Waals surface area contributed by atoms with E-state index >= 15 is 0 Å². The van der Waals surface area contributed by atoms with Gasteiger partial charge in [0, 0.05) is 29.9 Å². The smallest absolute Gasteiger partial charge is 0.361 e. The number of pyridine rings is 1. The van der Waals surface area contributed by atoms with Gasteiger partial charge < -0.3 is 10.6 Å². The van der Waals surface area contributed by atoms with Gasteiger partial charge in [0.25, 0.3) is 5.91 Å². The second-order valence-corrected chi connectivity index (χ2v) is 8.40. The molecule has 2 N–H and O–H groups in total. The van der Waals surface area contributed by atoms with E-state index < -0.39 is 17.6 Å². The molecule has 2 heterocycles. The van der Waals surface area contributed by atoms with Gasteiger partial charge >= 0.3 is 6.18 Å². The summed E-state index contributed by atoms with van der Waals surface area (Å²) >= 11 is 1.65. The number of aromatic nitrogens is 2. The normalized spacial score (nSPS) is 20.0. The van der Waals surface area contributed by atoms with Gasteiger partial charge in [0.2, 0.25) is 0 Å². The predicted octanol–water partition coefficient (Wildman–Crippen LogP) is 4.57. The lowest BCUT2D eigenvalue weighted by Crippen LogP contribution is -2.38. The van der Waals surface area contributed by atoms with Crippen molar-refractivity contribution in [1.29, 1.82) is 0 Å². The van der Waals surface area contributed by atoms with E-state index in [4.69, 9.17) is 0 Å². The van der Waals surface area contributed by atoms with Crippen molar-refractivity contribution in [3.63, 3.8) is 0 Å². The van der Waals surface area contributed by atoms with Gasteiger partial charge in [-0.05, 0) is 51.5 Å². The molecule has 0 radical (unpaired) electrons. The zero-order valence-electron chi connectivity index (χ0n) is 15.8. The third kappa shape index (κ3) is 5.21. The molecule has 0 saturated heterocycles. The van der Waals surface area contributed by atoms with Crippen molar-refractivity contribution in [2.75, 3.05) is 11.9 Å². The Morgan fingerprint density at radius 3 is 2.54 bits per heavy atom. The quantitative estimate of drug-likeness (QED) is 0.755. The lowest BCUT2D eigenvalue weighted by atomic mass is 9.86. The molecule has 0 aliphatic heterocycles. The zero-order valence-corrected chi connectivity index (χ0v) is 16.6. The first kappa shape index (κ1) is 20.6. The average Bonchev–Trinajstić information content (AvgIpc) is 2.98. The molecule has 5 nitrogen and oxygen atoms in total. The maximum absolute atomic E-state index is 12.8. The summed E-state index contributed by atoms with van der Waals surface area (Å²) in [6.07, 6.45) is 0.881. The molecule has 0 atom stereocenters. The molecular formula is C19H23F3N4OS. The first-order valence-electron chi connectivity index (χ1n) is 9.23. The standard InChI is InChI=1S/C19H23F3N4OS/c1-11-12(2)28-18(25-11)24-8-13-3-5-16(6-4-13)26-17(27)14-7-15(10-23-9-14)19(20,21)22/h7,9-10,13,16H,3-6,8H2,1-2H3,(H,24,25)(H,26,27)/t13-,16-. The van der Waals surface area contributed by atoms with Gasteiger partial charge in [0.05, 0.1) is 16.8 Å². The Hall–Kier alpha value is -2.16. The Balaban J connectivity index is 1.47. The van der Waals surface area contributed by atoms with Crippen LogP contribution in [-0.2, 0) is 6.18 Å². The first-order valence-corrected chi connectivity index (χ1v) is 10.0. The molecule has 2 aromatic heterocycles. The lowest BCUT2D eigenvalue weighted by Gasteiger charge is -2.29. The summed E-state index contributed by atoms with van der Waals surface area (Å²) in [6, 6.07) is 0.818. The number of rotatable bonds is 5. The summed E-state index contributed by atoms with van der Waals surface area (Å²) in [5, 5.41) is 7.16. The van der Waals surface area contributed by atoms with Crippen molar-refractivity contribution >= 4 is 22.4 Å². The molecule has 1 aliphatic carbocycles. The van der Waals surface area contributed by atoms with Crippen LogP contribution >= 0.6 is 11.3 Å². The van der Waals surface area contributed by atoms with Crippen molar-refractivity contribution in [2.45, 2.75) is 51.7 Å². The molecule has 1 fully saturated rings. The van der Waals surface area contributed by atoms with Crippen LogP contribution in [0.4, 0.5) is 18.3 Å². The van der Waals surface area contributed by atoms with Gasteiger partial charge in [-0.1, -0.05) is 0 Å². The Morgan fingerprint density at radius 2 is 1.93 bits per heavy atom. The van der Waals surface area contributed by atoms with Crippen LogP contribution in [0.5, 0.6) is 0 Å². The maximum Gasteiger partial charge on any atom is 0.417 e. The van der Waals surface area contributed by atoms with Crippen molar-refractivity contribution in [2.24, 2.45) is 5.92 Å². The van der Waals surface area contributed by atoms with E-state index in [9.17, 15) is 18.0 Å². The van der Waals surface area contributed by atoms with E-state index in [-0.39, 0.29) is 11.6 Å². The number of carbonyl (C=O) groups excluding carboxylic acids is 1. The molecule has 3 rings (SSSR count). The number of thiazole rings is 1. The van der Waals surface area contributed by atoms with Crippen LogP contribution in [0.2, 0.25) is 0 Å². The van der Waals surface area contributed by atoms with Crippen LogP contribution in [0.3, 0.4) is 0 Å². The average molecular weight is 412 g/mol. The van der Waals surface area contributed by atoms with E-state index in [1.54, 1.807) is 11.3 Å². The van der Waals surface area contributed by atoms with Crippen molar-refractivity contribution in [3.05, 3.63) is 40.2 Å². The summed E-state index contributed by atoms with van der Waals surface area (Å²) in [4.78, 5) is 21.5. The Labute approximate surface area is 165 Å². The highest BCUT2D eigenvalue weighted by Crippen LogP contribution is 2.29. The van der Waals surface area contributed by atoms with Gasteiger partial charge in [-0.15, -0.1) is 11.3 Å². The summed E-state index contributed by atoms with van der Waals surface area (Å²) in [6.45, 7) is 4.88. The highest BCUT2D eigenvalue weighted by molar-refractivity contribution is 7.15. The minimum atomic E-state index is -4.51. The minimum Gasteiger partial charge on any atom is -0.361 e. The van der Waals surface area contributed by atoms with Gasteiger partial charge in [-0.3, -0.25) is 9.78 Å². The Bertz CT molecular complexity index is 809. The Morgan fingerprint density at radius 1 is 1.21 bits per heavy atom. The molecule has 0 bridgehead atoms. The van der Waals surface area contributed by atoms with E-state index in [0.717, 1.165) is 61.5 Å². The summed E-state index contributed by atoms with van der Waals surface area (Å²) < 4.78 is 38.3. The zero-order chi connectivity index (χ0) is 20.3. The van der Waals surface area contributed by atoms with Crippen LogP contribution in [0.1, 0.15) is 52.2 Å². The number of nitrogens with one attached hydrogen (secondary N) is 2. The minimum absolute atomic E-state index is 0.0253. The van der Waals surface area contributed by atoms with Crippen molar-refractivity contribution in [1.82, 2.24) is 15.3 Å². The summed E-state index contributed by atoms with van der Waals surface area (Å²) in [5.74, 6) is -0.0122. The molecule has 2 aromatic rings. The fraction of sp³-hybridized carbons (Fsp3) is 0.526. The molecular weight excluding hydrogens is 389 g/mol. The van der Waals surface area contributed by atoms with E-state index in [0.29, 0.717) is 5.92 Å². The van der Waals surface area contributed by atoms with Gasteiger partial charge in [-0.2, -0.15) is 13.2 Å². The predicted molar refractivity (Wildman–Crippen MR) is 103 cm³/mol. The maximum atomic E-state index is 12.8. The number of hydrogen-bond donors (Lipinski definition) is 2. The number of carbonyl (C=O) groups is 1. The second-order valence-electron chi connectivity index (χ2n) is 7.19. The fourth-order valence-corrected chi connectivity index (χ4v) is 4.10. The van der Waals surface area contributed by atoms with Crippen LogP contribution in [-0.4, -0.2) is 28.5 Å². The van der Waals surface area contributed by atoms with Gasteiger partial charge in [0.15, 0.2) is 5.13 Å². The van der Waals surface area contributed by atoms with Crippen LogP contribution < -0.4 is 10.6 Å². The van der Waals surface area contributed by atoms with E-state index in [1.165, 1.54) is 4.88 Å². The molecule has 28 heavy (non-hydrogen) atoms. The number of hydrogen-bond acceptors (Lipinski definition) is 5. The van der Waals surface area contributed by atoms with Crippen LogP contribution in [0, 0.1) is 19.8 Å². The molecule has 1 amide bonds. The third-order valence-corrected chi connectivity index (χ3v) is 6.11. The van der Waals surface area contributed by atoms with E-state index in [2.05, 4.69) is 20.6 Å². The van der Waals surface area contributed by atoms with Crippen molar-refractivity contribution in [3.8, 4) is 0 Å². The molecule has 1 saturated carbocycles. The number of aryl methyl sites for hydroxylation is 2. The lowest BCUT2D eigenvalue weighted by molar-refractivity contribution is -0.137. The van der Waals surface area contributed by atoms with Crippen molar-refractivity contribution < 1.29 is 18.0 Å². The highest BCUT2D eigenvalue weighted by Gasteiger charge is 2.32.